The smallest absolute Gasteiger partial charge is 0.309 e. The first-order valence-corrected chi connectivity index (χ1v) is 8.56. The fourth-order valence-corrected chi connectivity index (χ4v) is 3.95. The number of nitrogens with zero attached hydrogens (tertiary/aromatic N) is 1. The highest BCUT2D eigenvalue weighted by molar-refractivity contribution is 7.15. The van der Waals surface area contributed by atoms with Gasteiger partial charge < -0.3 is 9.47 Å². The molecule has 2 heterocycles. The molecule has 120 valence electrons. The number of rotatable bonds is 4. The van der Waals surface area contributed by atoms with E-state index in [0.29, 0.717) is 24.8 Å². The average molecular weight is 324 g/mol. The Hall–Kier alpha value is -1.47. The Bertz CT molecular complexity index is 566. The number of anilines is 1. The van der Waals surface area contributed by atoms with Gasteiger partial charge in [-0.3, -0.25) is 14.9 Å². The average Bonchev–Trinajstić information content (AvgIpc) is 3.15. The number of esters is 1. The number of aryl methyl sites for hydroxylation is 1. The van der Waals surface area contributed by atoms with Gasteiger partial charge in [-0.05, 0) is 39.0 Å². The van der Waals surface area contributed by atoms with Crippen LogP contribution in [0.25, 0.3) is 0 Å². The largest absolute Gasteiger partial charge is 0.466 e. The summed E-state index contributed by atoms with van der Waals surface area (Å²) in [5.74, 6) is -0.341. The quantitative estimate of drug-likeness (QED) is 0.856. The topological polar surface area (TPSA) is 77.5 Å². The molecule has 0 spiro atoms. The van der Waals surface area contributed by atoms with E-state index in [1.807, 2.05) is 6.92 Å². The summed E-state index contributed by atoms with van der Waals surface area (Å²) in [7, 11) is 0. The molecule has 2 unspecified atom stereocenters. The number of amides is 1. The molecule has 22 heavy (non-hydrogen) atoms. The molecule has 0 saturated carbocycles. The van der Waals surface area contributed by atoms with Gasteiger partial charge >= 0.3 is 5.97 Å². The molecule has 0 radical (unpaired) electrons. The molecular formula is C15H20N2O4S. The Morgan fingerprint density at radius 3 is 3.05 bits per heavy atom. The second-order valence-corrected chi connectivity index (χ2v) is 6.66. The lowest BCUT2D eigenvalue weighted by molar-refractivity contribution is -0.148. The highest BCUT2D eigenvalue weighted by Gasteiger charge is 2.29. The molecule has 3 rings (SSSR count). The van der Waals surface area contributed by atoms with Gasteiger partial charge in [0, 0.05) is 11.5 Å². The standard InChI is InChI=1S/C15H20N2O4S/c1-2-20-14(19)9-5-6-10-12(8-9)22-15(16-10)17-13(18)11-4-3-7-21-11/h9,11H,2-8H2,1H3,(H,16,17,18). The van der Waals surface area contributed by atoms with Gasteiger partial charge in [0.25, 0.3) is 5.91 Å². The molecule has 7 heteroatoms. The first kappa shape index (κ1) is 15.4. The predicted molar refractivity (Wildman–Crippen MR) is 81.9 cm³/mol. The number of fused-ring (bicyclic) bond motifs is 1. The van der Waals surface area contributed by atoms with Crippen LogP contribution in [0.2, 0.25) is 0 Å². The van der Waals surface area contributed by atoms with Crippen molar-refractivity contribution in [1.82, 2.24) is 4.98 Å². The van der Waals surface area contributed by atoms with Gasteiger partial charge in [-0.1, -0.05) is 0 Å². The first-order chi connectivity index (χ1) is 10.7. The Labute approximate surface area is 133 Å². The van der Waals surface area contributed by atoms with Crippen LogP contribution in [-0.4, -0.2) is 36.2 Å². The summed E-state index contributed by atoms with van der Waals surface area (Å²) in [6.45, 7) is 2.87. The third-order valence-corrected chi connectivity index (χ3v) is 5.05. The van der Waals surface area contributed by atoms with Gasteiger partial charge in [0.1, 0.15) is 6.10 Å². The maximum Gasteiger partial charge on any atom is 0.309 e. The van der Waals surface area contributed by atoms with Crippen molar-refractivity contribution in [3.05, 3.63) is 10.6 Å². The fraction of sp³-hybridized carbons (Fsp3) is 0.667. The lowest BCUT2D eigenvalue weighted by atomic mass is 9.91. The molecule has 2 atom stereocenters. The lowest BCUT2D eigenvalue weighted by Gasteiger charge is -2.18. The van der Waals surface area contributed by atoms with Gasteiger partial charge in [0.2, 0.25) is 0 Å². The van der Waals surface area contributed by atoms with Crippen LogP contribution in [0.4, 0.5) is 5.13 Å². The minimum atomic E-state index is -0.354. The van der Waals surface area contributed by atoms with Crippen LogP contribution in [0.1, 0.15) is 36.8 Å². The van der Waals surface area contributed by atoms with Crippen LogP contribution >= 0.6 is 11.3 Å². The molecule has 1 aliphatic heterocycles. The SMILES string of the molecule is CCOC(=O)C1CCc2nc(NC(=O)C3CCCO3)sc2C1. The maximum atomic E-state index is 12.0. The van der Waals surface area contributed by atoms with Gasteiger partial charge in [0.05, 0.1) is 18.2 Å². The Morgan fingerprint density at radius 2 is 2.32 bits per heavy atom. The number of nitrogens with one attached hydrogen (secondary N) is 1. The molecule has 1 amide bonds. The summed E-state index contributed by atoms with van der Waals surface area (Å²) in [6.07, 6.45) is 3.50. The molecule has 1 aromatic rings. The van der Waals surface area contributed by atoms with E-state index >= 15 is 0 Å². The fourth-order valence-electron chi connectivity index (χ4n) is 2.86. The van der Waals surface area contributed by atoms with Crippen molar-refractivity contribution in [3.8, 4) is 0 Å². The van der Waals surface area contributed by atoms with Crippen molar-refractivity contribution in [2.75, 3.05) is 18.5 Å². The highest BCUT2D eigenvalue weighted by Crippen LogP contribution is 2.33. The number of hydrogen-bond donors (Lipinski definition) is 1. The zero-order valence-electron chi connectivity index (χ0n) is 12.6. The molecular weight excluding hydrogens is 304 g/mol. The van der Waals surface area contributed by atoms with E-state index in [-0.39, 0.29) is 23.9 Å². The molecule has 0 aromatic carbocycles. The van der Waals surface area contributed by atoms with Crippen LogP contribution in [0.3, 0.4) is 0 Å². The zero-order valence-corrected chi connectivity index (χ0v) is 13.4. The van der Waals surface area contributed by atoms with E-state index in [4.69, 9.17) is 9.47 Å². The number of carbonyl (C=O) groups excluding carboxylic acids is 2. The second-order valence-electron chi connectivity index (χ2n) is 5.57. The van der Waals surface area contributed by atoms with E-state index in [2.05, 4.69) is 10.3 Å². The molecule has 0 bridgehead atoms. The van der Waals surface area contributed by atoms with Gasteiger partial charge in [-0.15, -0.1) is 11.3 Å². The number of aromatic nitrogens is 1. The maximum absolute atomic E-state index is 12.0. The summed E-state index contributed by atoms with van der Waals surface area (Å²) in [5.41, 5.74) is 0.994. The Morgan fingerprint density at radius 1 is 1.45 bits per heavy atom. The van der Waals surface area contributed by atoms with Crippen LogP contribution in [0.15, 0.2) is 0 Å². The summed E-state index contributed by atoms with van der Waals surface area (Å²) in [6, 6.07) is 0. The summed E-state index contributed by atoms with van der Waals surface area (Å²) < 4.78 is 10.5. The van der Waals surface area contributed by atoms with E-state index in [1.54, 1.807) is 0 Å². The van der Waals surface area contributed by atoms with Crippen molar-refractivity contribution in [2.24, 2.45) is 5.92 Å². The molecule has 2 aliphatic rings. The van der Waals surface area contributed by atoms with E-state index in [0.717, 1.165) is 36.3 Å². The number of hydrogen-bond acceptors (Lipinski definition) is 6. The number of carbonyl (C=O) groups is 2. The third kappa shape index (κ3) is 3.30. The Balaban J connectivity index is 1.63. The summed E-state index contributed by atoms with van der Waals surface area (Å²) in [4.78, 5) is 29.4. The predicted octanol–water partition coefficient (Wildman–Crippen LogP) is 1.93. The summed E-state index contributed by atoms with van der Waals surface area (Å²) >= 11 is 1.46. The molecule has 1 fully saturated rings. The van der Waals surface area contributed by atoms with E-state index in [9.17, 15) is 9.59 Å². The second kappa shape index (κ2) is 6.75. The van der Waals surface area contributed by atoms with E-state index in [1.165, 1.54) is 11.3 Å². The molecule has 1 aromatic heterocycles. The van der Waals surface area contributed by atoms with Crippen molar-refractivity contribution in [3.63, 3.8) is 0 Å². The van der Waals surface area contributed by atoms with Crippen LogP contribution in [-0.2, 0) is 31.9 Å². The summed E-state index contributed by atoms with van der Waals surface area (Å²) in [5, 5.41) is 3.44. The number of ether oxygens (including phenoxy) is 2. The molecule has 1 aliphatic carbocycles. The van der Waals surface area contributed by atoms with Crippen LogP contribution in [0.5, 0.6) is 0 Å². The van der Waals surface area contributed by atoms with E-state index < -0.39 is 0 Å². The third-order valence-electron chi connectivity index (χ3n) is 4.01. The molecule has 1 N–H and O–H groups in total. The van der Waals surface area contributed by atoms with Crippen molar-refractivity contribution < 1.29 is 19.1 Å². The highest BCUT2D eigenvalue weighted by atomic mass is 32.1. The van der Waals surface area contributed by atoms with Crippen molar-refractivity contribution in [2.45, 2.75) is 45.1 Å². The van der Waals surface area contributed by atoms with Gasteiger partial charge in [0.15, 0.2) is 5.13 Å². The van der Waals surface area contributed by atoms with Crippen LogP contribution in [0, 0.1) is 5.92 Å². The minimum Gasteiger partial charge on any atom is -0.466 e. The van der Waals surface area contributed by atoms with Gasteiger partial charge in [-0.2, -0.15) is 0 Å². The van der Waals surface area contributed by atoms with Gasteiger partial charge in [-0.25, -0.2) is 4.98 Å². The Kier molecular flexibility index (Phi) is 4.73. The van der Waals surface area contributed by atoms with Crippen LogP contribution < -0.4 is 5.32 Å². The van der Waals surface area contributed by atoms with Crippen molar-refractivity contribution >= 4 is 28.3 Å². The monoisotopic (exact) mass is 324 g/mol. The molecule has 1 saturated heterocycles. The minimum absolute atomic E-state index is 0.0883. The lowest BCUT2D eigenvalue weighted by Crippen LogP contribution is -2.26. The number of thiazole rings is 1. The zero-order chi connectivity index (χ0) is 15.5. The first-order valence-electron chi connectivity index (χ1n) is 7.75. The van der Waals surface area contributed by atoms with Crippen molar-refractivity contribution in [1.29, 1.82) is 0 Å². The molecule has 6 nitrogen and oxygen atoms in total. The normalized spacial score (nSPS) is 23.9.